The van der Waals surface area contributed by atoms with E-state index in [9.17, 15) is 22.8 Å². The molecule has 170 valence electrons. The number of benzene rings is 2. The highest BCUT2D eigenvalue weighted by atomic mass is 19.4. The summed E-state index contributed by atoms with van der Waals surface area (Å²) in [5.41, 5.74) is 4.95. The van der Waals surface area contributed by atoms with Gasteiger partial charge in [-0.2, -0.15) is 13.2 Å². The van der Waals surface area contributed by atoms with Gasteiger partial charge in [-0.05, 0) is 42.7 Å². The standard InChI is InChI=1S/C23H23F3N2O4/c1-31-21(30)22(9-3-2-4-10-22)28-27-20(23(24,25)26)15-6-7-16-17-11-14(13-29)5-8-18(17)32-19(16)12-15/h5-8,11-13,20,27-28H,2-4,9-10H2,1H3. The van der Waals surface area contributed by atoms with Gasteiger partial charge in [0.2, 0.25) is 0 Å². The molecule has 1 heterocycles. The van der Waals surface area contributed by atoms with Gasteiger partial charge < -0.3 is 9.15 Å². The molecule has 1 saturated carbocycles. The highest BCUT2D eigenvalue weighted by Gasteiger charge is 2.45. The van der Waals surface area contributed by atoms with E-state index in [0.717, 1.165) is 6.42 Å². The number of halogens is 3. The molecule has 6 nitrogen and oxygen atoms in total. The Kier molecular flexibility index (Phi) is 5.96. The van der Waals surface area contributed by atoms with Gasteiger partial charge in [0.1, 0.15) is 29.0 Å². The number of methoxy groups -OCH3 is 1. The van der Waals surface area contributed by atoms with Crippen LogP contribution in [0.2, 0.25) is 0 Å². The van der Waals surface area contributed by atoms with Gasteiger partial charge in [0.25, 0.3) is 0 Å². The van der Waals surface area contributed by atoms with Crippen molar-refractivity contribution in [1.29, 1.82) is 0 Å². The van der Waals surface area contributed by atoms with Crippen molar-refractivity contribution >= 4 is 34.2 Å². The Morgan fingerprint density at radius 3 is 2.50 bits per heavy atom. The first kappa shape index (κ1) is 22.3. The molecule has 0 aliphatic heterocycles. The van der Waals surface area contributed by atoms with E-state index >= 15 is 0 Å². The molecule has 1 aromatic heterocycles. The molecule has 0 bridgehead atoms. The van der Waals surface area contributed by atoms with Gasteiger partial charge in [0, 0.05) is 16.3 Å². The number of carbonyl (C=O) groups excluding carboxylic acids is 2. The minimum atomic E-state index is -4.64. The van der Waals surface area contributed by atoms with Gasteiger partial charge in [-0.25, -0.2) is 10.9 Å². The molecule has 1 unspecified atom stereocenters. The van der Waals surface area contributed by atoms with Crippen molar-refractivity contribution in [3.63, 3.8) is 0 Å². The maximum Gasteiger partial charge on any atom is 0.409 e. The van der Waals surface area contributed by atoms with Crippen LogP contribution in [0.5, 0.6) is 0 Å². The van der Waals surface area contributed by atoms with E-state index in [-0.39, 0.29) is 11.1 Å². The Balaban J connectivity index is 1.67. The zero-order chi connectivity index (χ0) is 22.9. The number of hydrogen-bond donors (Lipinski definition) is 2. The van der Waals surface area contributed by atoms with Crippen LogP contribution in [0, 0.1) is 0 Å². The Morgan fingerprint density at radius 1 is 1.09 bits per heavy atom. The molecule has 0 spiro atoms. The van der Waals surface area contributed by atoms with Crippen molar-refractivity contribution in [3.05, 3.63) is 47.5 Å². The van der Waals surface area contributed by atoms with Crippen LogP contribution in [-0.2, 0) is 9.53 Å². The number of carbonyl (C=O) groups is 2. The van der Waals surface area contributed by atoms with Gasteiger partial charge in [-0.15, -0.1) is 0 Å². The average molecular weight is 448 g/mol. The summed E-state index contributed by atoms with van der Waals surface area (Å²) < 4.78 is 52.5. The molecule has 0 saturated heterocycles. The number of aldehydes is 1. The van der Waals surface area contributed by atoms with E-state index in [4.69, 9.17) is 9.15 Å². The van der Waals surface area contributed by atoms with E-state index in [2.05, 4.69) is 10.9 Å². The highest BCUT2D eigenvalue weighted by molar-refractivity contribution is 6.06. The zero-order valence-corrected chi connectivity index (χ0v) is 17.4. The minimum Gasteiger partial charge on any atom is -0.468 e. The maximum atomic E-state index is 14.0. The fourth-order valence-corrected chi connectivity index (χ4v) is 4.36. The number of furan rings is 1. The Morgan fingerprint density at radius 2 is 1.84 bits per heavy atom. The molecule has 1 aliphatic carbocycles. The predicted octanol–water partition coefficient (Wildman–Crippen LogP) is 4.97. The number of fused-ring (bicyclic) bond motifs is 3. The van der Waals surface area contributed by atoms with E-state index in [0.29, 0.717) is 53.9 Å². The maximum absolute atomic E-state index is 14.0. The average Bonchev–Trinajstić information content (AvgIpc) is 3.15. The monoisotopic (exact) mass is 448 g/mol. The third kappa shape index (κ3) is 4.10. The Labute approximate surface area is 182 Å². The lowest BCUT2D eigenvalue weighted by Crippen LogP contribution is -2.60. The number of alkyl halides is 3. The number of hydrazine groups is 1. The van der Waals surface area contributed by atoms with Gasteiger partial charge >= 0.3 is 12.1 Å². The number of rotatable bonds is 6. The van der Waals surface area contributed by atoms with Gasteiger partial charge in [0.05, 0.1) is 7.11 Å². The third-order valence-electron chi connectivity index (χ3n) is 6.06. The second-order valence-corrected chi connectivity index (χ2v) is 8.11. The van der Waals surface area contributed by atoms with Crippen LogP contribution >= 0.6 is 0 Å². The molecule has 9 heteroatoms. The molecule has 1 aliphatic rings. The molecular weight excluding hydrogens is 425 g/mol. The molecule has 0 amide bonds. The second kappa shape index (κ2) is 8.55. The van der Waals surface area contributed by atoms with Crippen LogP contribution in [0.1, 0.15) is 54.1 Å². The second-order valence-electron chi connectivity index (χ2n) is 8.11. The van der Waals surface area contributed by atoms with Crippen LogP contribution < -0.4 is 10.9 Å². The summed E-state index contributed by atoms with van der Waals surface area (Å²) in [5, 5.41) is 1.26. The van der Waals surface area contributed by atoms with Crippen LogP contribution in [0.15, 0.2) is 40.8 Å². The quantitative estimate of drug-likeness (QED) is 0.315. The molecule has 0 radical (unpaired) electrons. The summed E-state index contributed by atoms with van der Waals surface area (Å²) >= 11 is 0. The van der Waals surface area contributed by atoms with Crippen molar-refractivity contribution in [1.82, 2.24) is 10.9 Å². The van der Waals surface area contributed by atoms with Crippen LogP contribution in [0.4, 0.5) is 13.2 Å². The van der Waals surface area contributed by atoms with Crippen molar-refractivity contribution in [2.45, 2.75) is 49.9 Å². The fraction of sp³-hybridized carbons (Fsp3) is 0.391. The molecule has 1 atom stereocenters. The summed E-state index contributed by atoms with van der Waals surface area (Å²) in [7, 11) is 1.23. The van der Waals surface area contributed by atoms with E-state index in [1.54, 1.807) is 24.3 Å². The SMILES string of the molecule is COC(=O)C1(NNC(c2ccc3c(c2)oc2ccc(C=O)cc23)C(F)(F)F)CCCCC1. The first-order chi connectivity index (χ1) is 15.3. The first-order valence-electron chi connectivity index (χ1n) is 10.4. The van der Waals surface area contributed by atoms with Gasteiger partial charge in [0.15, 0.2) is 0 Å². The van der Waals surface area contributed by atoms with Gasteiger partial charge in [-0.1, -0.05) is 31.4 Å². The van der Waals surface area contributed by atoms with Crippen LogP contribution in [-0.4, -0.2) is 31.1 Å². The lowest BCUT2D eigenvalue weighted by molar-refractivity contribution is -0.167. The van der Waals surface area contributed by atoms with Crippen LogP contribution in [0.25, 0.3) is 21.9 Å². The van der Waals surface area contributed by atoms with E-state index < -0.39 is 23.7 Å². The molecule has 32 heavy (non-hydrogen) atoms. The molecule has 2 aromatic carbocycles. The normalized spacial score (nSPS) is 17.4. The van der Waals surface area contributed by atoms with Crippen molar-refractivity contribution in [2.75, 3.05) is 7.11 Å². The summed E-state index contributed by atoms with van der Waals surface area (Å²) in [5.74, 6) is -0.579. The third-order valence-corrected chi connectivity index (χ3v) is 6.06. The van der Waals surface area contributed by atoms with Crippen LogP contribution in [0.3, 0.4) is 0 Å². The lowest BCUT2D eigenvalue weighted by atomic mass is 9.82. The van der Waals surface area contributed by atoms with Crippen molar-refractivity contribution in [3.8, 4) is 0 Å². The highest BCUT2D eigenvalue weighted by Crippen LogP contribution is 2.37. The van der Waals surface area contributed by atoms with E-state index in [1.165, 1.54) is 19.2 Å². The summed E-state index contributed by atoms with van der Waals surface area (Å²) in [6, 6.07) is 6.99. The Hall–Kier alpha value is -2.91. The van der Waals surface area contributed by atoms with Crippen molar-refractivity contribution < 1.29 is 31.9 Å². The zero-order valence-electron chi connectivity index (χ0n) is 17.4. The predicted molar refractivity (Wildman–Crippen MR) is 112 cm³/mol. The molecule has 3 aromatic rings. The number of nitrogens with one attached hydrogen (secondary N) is 2. The minimum absolute atomic E-state index is 0.0667. The number of ether oxygens (including phenoxy) is 1. The number of hydrogen-bond acceptors (Lipinski definition) is 6. The lowest BCUT2D eigenvalue weighted by Gasteiger charge is -2.37. The van der Waals surface area contributed by atoms with Crippen molar-refractivity contribution in [2.24, 2.45) is 0 Å². The largest absolute Gasteiger partial charge is 0.468 e. The summed E-state index contributed by atoms with van der Waals surface area (Å²) in [4.78, 5) is 23.4. The summed E-state index contributed by atoms with van der Waals surface area (Å²) in [6.45, 7) is 0. The molecule has 4 rings (SSSR count). The smallest absolute Gasteiger partial charge is 0.409 e. The first-order valence-corrected chi connectivity index (χ1v) is 10.4. The molecular formula is C23H23F3N2O4. The number of esters is 1. The van der Waals surface area contributed by atoms with E-state index in [1.807, 2.05) is 0 Å². The summed E-state index contributed by atoms with van der Waals surface area (Å²) in [6.07, 6.45) is -0.814. The molecule has 2 N–H and O–H groups in total. The Bertz CT molecular complexity index is 1150. The topological polar surface area (TPSA) is 80.6 Å². The molecule has 1 fully saturated rings. The van der Waals surface area contributed by atoms with Gasteiger partial charge in [-0.3, -0.25) is 9.59 Å². The fourth-order valence-electron chi connectivity index (χ4n) is 4.36.